The van der Waals surface area contributed by atoms with E-state index in [0.717, 1.165) is 47.5 Å². The Balaban J connectivity index is 1.52. The van der Waals surface area contributed by atoms with Gasteiger partial charge in [-0.1, -0.05) is 36.2 Å². The summed E-state index contributed by atoms with van der Waals surface area (Å²) in [6, 6.07) is 19.4. The number of ether oxygens (including phenoxy) is 1. The Morgan fingerprint density at radius 3 is 2.62 bits per heavy atom. The van der Waals surface area contributed by atoms with Gasteiger partial charge in [0.05, 0.1) is 28.7 Å². The molecule has 1 saturated carbocycles. The van der Waals surface area contributed by atoms with Crippen molar-refractivity contribution >= 4 is 23.2 Å². The topological polar surface area (TPSA) is 69.0 Å². The van der Waals surface area contributed by atoms with Gasteiger partial charge in [-0.05, 0) is 54.8 Å². The van der Waals surface area contributed by atoms with E-state index >= 15 is 0 Å². The second-order valence-corrected chi connectivity index (χ2v) is 8.55. The Morgan fingerprint density at radius 2 is 1.88 bits per heavy atom. The number of hydrogen-bond acceptors (Lipinski definition) is 4. The number of anilines is 1. The number of benzene rings is 2. The molecule has 2 aromatic heterocycles. The van der Waals surface area contributed by atoms with Crippen molar-refractivity contribution in [1.29, 1.82) is 0 Å². The van der Waals surface area contributed by atoms with Crippen LogP contribution in [0.5, 0.6) is 11.5 Å². The summed E-state index contributed by atoms with van der Waals surface area (Å²) >= 11 is 6.06. The van der Waals surface area contributed by atoms with Crippen LogP contribution in [-0.4, -0.2) is 20.7 Å². The first-order valence-electron chi connectivity index (χ1n) is 10.5. The molecule has 1 aliphatic carbocycles. The fraction of sp³-hybridized carbons (Fsp3) is 0.160. The van der Waals surface area contributed by atoms with Crippen LogP contribution in [-0.2, 0) is 10.2 Å². The zero-order chi connectivity index (χ0) is 21.7. The maximum absolute atomic E-state index is 13.0. The number of pyridine rings is 1. The van der Waals surface area contributed by atoms with Crippen molar-refractivity contribution in [2.75, 3.05) is 5.32 Å². The number of aromatic nitrogens is 3. The van der Waals surface area contributed by atoms with Crippen molar-refractivity contribution < 1.29 is 9.53 Å². The third-order valence-corrected chi connectivity index (χ3v) is 6.57. The van der Waals surface area contributed by atoms with E-state index in [0.29, 0.717) is 16.7 Å². The van der Waals surface area contributed by atoms with Crippen LogP contribution >= 0.6 is 11.6 Å². The molecule has 0 radical (unpaired) electrons. The van der Waals surface area contributed by atoms with Crippen molar-refractivity contribution in [3.05, 3.63) is 83.8 Å². The number of carbonyl (C=O) groups excluding carboxylic acids is 1. The molecule has 3 heterocycles. The Bertz CT molecular complexity index is 1350. The van der Waals surface area contributed by atoms with E-state index in [4.69, 9.17) is 16.3 Å². The molecule has 2 aliphatic rings. The van der Waals surface area contributed by atoms with Gasteiger partial charge in [-0.2, -0.15) is 5.10 Å². The molecule has 2 aromatic carbocycles. The molecule has 1 spiro atoms. The predicted molar refractivity (Wildman–Crippen MR) is 122 cm³/mol. The van der Waals surface area contributed by atoms with E-state index in [1.165, 1.54) is 0 Å². The van der Waals surface area contributed by atoms with Gasteiger partial charge in [-0.15, -0.1) is 0 Å². The zero-order valence-electron chi connectivity index (χ0n) is 17.1. The van der Waals surface area contributed by atoms with Crippen molar-refractivity contribution in [1.82, 2.24) is 14.8 Å². The molecule has 0 unspecified atom stereocenters. The Hall–Kier alpha value is -3.64. The van der Waals surface area contributed by atoms with Gasteiger partial charge in [0.1, 0.15) is 10.9 Å². The standard InChI is InChI=1S/C25H19ClN4O2/c26-22-15-18(7-11-27-22)32-21-14-16(13-19-23(21)29-24(31)25(19)9-4-10-25)20-8-12-28-30(20)17-5-2-1-3-6-17/h1-3,5-8,11-15H,4,9-10H2,(H,29,31). The molecular formula is C25H19ClN4O2. The SMILES string of the molecule is O=C1Nc2c(Oc3ccnc(Cl)c3)cc(-c3ccnn3-c3ccccc3)cc2C12CCC2. The maximum Gasteiger partial charge on any atom is 0.235 e. The number of nitrogens with zero attached hydrogens (tertiary/aromatic N) is 3. The maximum atomic E-state index is 13.0. The van der Waals surface area contributed by atoms with Gasteiger partial charge in [0, 0.05) is 17.8 Å². The van der Waals surface area contributed by atoms with Gasteiger partial charge in [-0.25, -0.2) is 9.67 Å². The molecule has 1 fully saturated rings. The Kier molecular flexibility index (Phi) is 4.30. The molecule has 6 nitrogen and oxygen atoms in total. The highest BCUT2D eigenvalue weighted by Crippen LogP contribution is 2.55. The largest absolute Gasteiger partial charge is 0.455 e. The normalized spacial score (nSPS) is 15.8. The number of fused-ring (bicyclic) bond motifs is 2. The Morgan fingerprint density at radius 1 is 1.03 bits per heavy atom. The van der Waals surface area contributed by atoms with Gasteiger partial charge >= 0.3 is 0 Å². The highest BCUT2D eigenvalue weighted by Gasteiger charge is 2.52. The lowest BCUT2D eigenvalue weighted by Crippen LogP contribution is -2.40. The van der Waals surface area contributed by atoms with E-state index in [2.05, 4.69) is 21.5 Å². The lowest BCUT2D eigenvalue weighted by atomic mass is 9.65. The molecule has 6 rings (SSSR count). The van der Waals surface area contributed by atoms with Crippen LogP contribution in [0.25, 0.3) is 16.9 Å². The molecule has 32 heavy (non-hydrogen) atoms. The molecule has 1 aliphatic heterocycles. The summed E-state index contributed by atoms with van der Waals surface area (Å²) in [6.07, 6.45) is 6.09. The van der Waals surface area contributed by atoms with E-state index < -0.39 is 5.41 Å². The first-order valence-corrected chi connectivity index (χ1v) is 10.9. The number of para-hydroxylation sites is 1. The smallest absolute Gasteiger partial charge is 0.235 e. The molecule has 1 N–H and O–H groups in total. The Labute approximate surface area is 189 Å². The third-order valence-electron chi connectivity index (χ3n) is 6.36. The summed E-state index contributed by atoms with van der Waals surface area (Å²) in [6.45, 7) is 0. The molecule has 1 amide bonds. The monoisotopic (exact) mass is 442 g/mol. The third kappa shape index (κ3) is 2.91. The van der Waals surface area contributed by atoms with Gasteiger partial charge in [-0.3, -0.25) is 4.79 Å². The van der Waals surface area contributed by atoms with Crippen LogP contribution in [0.3, 0.4) is 0 Å². The van der Waals surface area contributed by atoms with Crippen molar-refractivity contribution in [2.24, 2.45) is 0 Å². The summed E-state index contributed by atoms with van der Waals surface area (Å²) < 4.78 is 8.12. The highest BCUT2D eigenvalue weighted by molar-refractivity contribution is 6.29. The molecule has 0 saturated heterocycles. The van der Waals surface area contributed by atoms with Gasteiger partial charge < -0.3 is 10.1 Å². The van der Waals surface area contributed by atoms with E-state index in [1.807, 2.05) is 47.1 Å². The minimum absolute atomic E-state index is 0.0464. The summed E-state index contributed by atoms with van der Waals surface area (Å²) in [5, 5.41) is 7.96. The van der Waals surface area contributed by atoms with Crippen LogP contribution in [0.2, 0.25) is 5.15 Å². The summed E-state index contributed by atoms with van der Waals surface area (Å²) in [5.74, 6) is 1.19. The van der Waals surface area contributed by atoms with Crippen LogP contribution in [0.15, 0.2) is 73.1 Å². The summed E-state index contributed by atoms with van der Waals surface area (Å²) in [5.41, 5.74) is 4.06. The first-order chi connectivity index (χ1) is 15.6. The molecular weight excluding hydrogens is 424 g/mol. The average Bonchev–Trinajstić information content (AvgIpc) is 3.36. The first kappa shape index (κ1) is 19.1. The second-order valence-electron chi connectivity index (χ2n) is 8.17. The molecule has 158 valence electrons. The van der Waals surface area contributed by atoms with Gasteiger partial charge in [0.15, 0.2) is 5.75 Å². The second kappa shape index (κ2) is 7.21. The number of rotatable bonds is 4. The number of carbonyl (C=O) groups is 1. The van der Waals surface area contributed by atoms with Crippen molar-refractivity contribution in [2.45, 2.75) is 24.7 Å². The van der Waals surface area contributed by atoms with E-state index in [9.17, 15) is 4.79 Å². The van der Waals surface area contributed by atoms with Crippen LogP contribution in [0.1, 0.15) is 24.8 Å². The van der Waals surface area contributed by atoms with Crippen LogP contribution in [0.4, 0.5) is 5.69 Å². The molecule has 0 bridgehead atoms. The van der Waals surface area contributed by atoms with E-state index in [1.54, 1.807) is 24.5 Å². The molecule has 0 atom stereocenters. The lowest BCUT2D eigenvalue weighted by molar-refractivity contribution is -0.123. The summed E-state index contributed by atoms with van der Waals surface area (Å²) in [4.78, 5) is 17.0. The average molecular weight is 443 g/mol. The van der Waals surface area contributed by atoms with Crippen LogP contribution < -0.4 is 10.1 Å². The zero-order valence-corrected chi connectivity index (χ0v) is 17.8. The van der Waals surface area contributed by atoms with Crippen LogP contribution in [0, 0.1) is 0 Å². The quantitative estimate of drug-likeness (QED) is 0.408. The number of nitrogens with one attached hydrogen (secondary N) is 1. The number of hydrogen-bond donors (Lipinski definition) is 1. The van der Waals surface area contributed by atoms with Crippen molar-refractivity contribution in [3.63, 3.8) is 0 Å². The fourth-order valence-electron chi connectivity index (χ4n) is 4.60. The van der Waals surface area contributed by atoms with Gasteiger partial charge in [0.25, 0.3) is 0 Å². The minimum atomic E-state index is -0.475. The fourth-order valence-corrected chi connectivity index (χ4v) is 4.77. The predicted octanol–water partition coefficient (Wildman–Crippen LogP) is 5.75. The molecule has 4 aromatic rings. The number of halogens is 1. The lowest BCUT2D eigenvalue weighted by Gasteiger charge is -2.36. The van der Waals surface area contributed by atoms with E-state index in [-0.39, 0.29) is 5.91 Å². The minimum Gasteiger partial charge on any atom is -0.455 e. The summed E-state index contributed by atoms with van der Waals surface area (Å²) in [7, 11) is 0. The van der Waals surface area contributed by atoms with Crippen molar-refractivity contribution in [3.8, 4) is 28.4 Å². The highest BCUT2D eigenvalue weighted by atomic mass is 35.5. The number of amides is 1. The molecule has 7 heteroatoms. The van der Waals surface area contributed by atoms with Gasteiger partial charge in [0.2, 0.25) is 5.91 Å².